The zero-order chi connectivity index (χ0) is 17.0. The predicted molar refractivity (Wildman–Crippen MR) is 85.4 cm³/mol. The van der Waals surface area contributed by atoms with Gasteiger partial charge in [-0.2, -0.15) is 0 Å². The van der Waals surface area contributed by atoms with Gasteiger partial charge in [-0.1, -0.05) is 13.8 Å². The second kappa shape index (κ2) is 7.26. The molecule has 1 amide bonds. The second-order valence-electron chi connectivity index (χ2n) is 5.95. The van der Waals surface area contributed by atoms with Gasteiger partial charge in [0.2, 0.25) is 5.91 Å². The van der Waals surface area contributed by atoms with Crippen LogP contribution >= 0.6 is 0 Å². The van der Waals surface area contributed by atoms with E-state index in [9.17, 15) is 14.0 Å². The summed E-state index contributed by atoms with van der Waals surface area (Å²) in [6, 6.07) is 3.70. The first-order valence-electron chi connectivity index (χ1n) is 7.53. The number of rotatable bonds is 6. The number of aromatic amines is 1. The predicted octanol–water partition coefficient (Wildman–Crippen LogP) is 2.55. The Morgan fingerprint density at radius 2 is 2.09 bits per heavy atom. The average molecular weight is 320 g/mol. The first-order chi connectivity index (χ1) is 10.9. The van der Waals surface area contributed by atoms with Crippen LogP contribution in [0, 0.1) is 11.7 Å². The summed E-state index contributed by atoms with van der Waals surface area (Å²) in [6.45, 7) is 3.93. The zero-order valence-corrected chi connectivity index (χ0v) is 13.5. The van der Waals surface area contributed by atoms with Gasteiger partial charge in [0.1, 0.15) is 11.9 Å². The molecule has 1 unspecified atom stereocenters. The standard InChI is InChI=1S/C17H21FN2O3/c1-10(2)6-15(17(22)23-3)20-16(21)7-11-9-19-14-5-4-12(18)8-13(11)14/h4-5,8-10,15,19H,6-7H2,1-3H3,(H,20,21). The molecule has 0 bridgehead atoms. The number of amides is 1. The van der Waals surface area contributed by atoms with E-state index in [2.05, 4.69) is 10.3 Å². The van der Waals surface area contributed by atoms with Crippen LogP contribution in [0.2, 0.25) is 0 Å². The lowest BCUT2D eigenvalue weighted by Crippen LogP contribution is -2.43. The largest absolute Gasteiger partial charge is 0.467 e. The van der Waals surface area contributed by atoms with Crippen molar-refractivity contribution in [2.45, 2.75) is 32.7 Å². The highest BCUT2D eigenvalue weighted by Crippen LogP contribution is 2.20. The van der Waals surface area contributed by atoms with Gasteiger partial charge < -0.3 is 15.0 Å². The summed E-state index contributed by atoms with van der Waals surface area (Å²) in [5.41, 5.74) is 1.45. The highest BCUT2D eigenvalue weighted by molar-refractivity contribution is 5.90. The fraction of sp³-hybridized carbons (Fsp3) is 0.412. The molecule has 5 nitrogen and oxygen atoms in total. The van der Waals surface area contributed by atoms with Crippen LogP contribution in [0.5, 0.6) is 0 Å². The van der Waals surface area contributed by atoms with E-state index in [1.165, 1.54) is 19.2 Å². The van der Waals surface area contributed by atoms with E-state index in [1.807, 2.05) is 13.8 Å². The number of nitrogens with one attached hydrogen (secondary N) is 2. The van der Waals surface area contributed by atoms with E-state index in [1.54, 1.807) is 12.3 Å². The molecule has 0 fully saturated rings. The van der Waals surface area contributed by atoms with Gasteiger partial charge in [-0.15, -0.1) is 0 Å². The molecule has 0 radical (unpaired) electrons. The zero-order valence-electron chi connectivity index (χ0n) is 13.5. The molecule has 2 N–H and O–H groups in total. The van der Waals surface area contributed by atoms with Crippen LogP contribution in [0.15, 0.2) is 24.4 Å². The first-order valence-corrected chi connectivity index (χ1v) is 7.53. The summed E-state index contributed by atoms with van der Waals surface area (Å²) >= 11 is 0. The SMILES string of the molecule is COC(=O)C(CC(C)C)NC(=O)Cc1c[nH]c2ccc(F)cc12. The van der Waals surface area contributed by atoms with E-state index in [0.29, 0.717) is 17.4 Å². The second-order valence-corrected chi connectivity index (χ2v) is 5.95. The number of hydrogen-bond acceptors (Lipinski definition) is 3. The minimum absolute atomic E-state index is 0.0645. The summed E-state index contributed by atoms with van der Waals surface area (Å²) in [5, 5.41) is 3.36. The Morgan fingerprint density at radius 1 is 1.35 bits per heavy atom. The number of ether oxygens (including phenoxy) is 1. The lowest BCUT2D eigenvalue weighted by Gasteiger charge is -2.18. The normalized spacial score (nSPS) is 12.4. The van der Waals surface area contributed by atoms with Crippen molar-refractivity contribution in [3.63, 3.8) is 0 Å². The van der Waals surface area contributed by atoms with Crippen LogP contribution in [0.25, 0.3) is 10.9 Å². The van der Waals surface area contributed by atoms with Gasteiger partial charge in [0, 0.05) is 17.1 Å². The van der Waals surface area contributed by atoms with Crippen LogP contribution in [-0.2, 0) is 20.7 Å². The van der Waals surface area contributed by atoms with Gasteiger partial charge in [-0.25, -0.2) is 9.18 Å². The first kappa shape index (κ1) is 17.0. The molecule has 0 saturated carbocycles. The van der Waals surface area contributed by atoms with E-state index in [0.717, 1.165) is 5.52 Å². The number of hydrogen-bond donors (Lipinski definition) is 2. The summed E-state index contributed by atoms with van der Waals surface area (Å²) < 4.78 is 18.1. The Hall–Kier alpha value is -2.37. The number of benzene rings is 1. The number of carbonyl (C=O) groups is 2. The maximum atomic E-state index is 13.4. The lowest BCUT2D eigenvalue weighted by atomic mass is 10.0. The third-order valence-corrected chi connectivity index (χ3v) is 3.61. The summed E-state index contributed by atoms with van der Waals surface area (Å²) in [6.07, 6.45) is 2.25. The van der Waals surface area contributed by atoms with E-state index in [4.69, 9.17) is 4.74 Å². The topological polar surface area (TPSA) is 71.2 Å². The molecule has 0 aliphatic carbocycles. The molecule has 0 spiro atoms. The highest BCUT2D eigenvalue weighted by Gasteiger charge is 2.23. The number of methoxy groups -OCH3 is 1. The third-order valence-electron chi connectivity index (χ3n) is 3.61. The van der Waals surface area contributed by atoms with Crippen molar-refractivity contribution in [3.05, 3.63) is 35.8 Å². The fourth-order valence-electron chi connectivity index (χ4n) is 2.54. The van der Waals surface area contributed by atoms with Gasteiger partial charge >= 0.3 is 5.97 Å². The maximum absolute atomic E-state index is 13.4. The fourth-order valence-corrected chi connectivity index (χ4v) is 2.54. The number of fused-ring (bicyclic) bond motifs is 1. The van der Waals surface area contributed by atoms with E-state index >= 15 is 0 Å². The monoisotopic (exact) mass is 320 g/mol. The molecule has 1 aromatic heterocycles. The maximum Gasteiger partial charge on any atom is 0.328 e. The van der Waals surface area contributed by atoms with Gasteiger partial charge in [0.25, 0.3) is 0 Å². The van der Waals surface area contributed by atoms with E-state index < -0.39 is 12.0 Å². The van der Waals surface area contributed by atoms with Crippen LogP contribution < -0.4 is 5.32 Å². The van der Waals surface area contributed by atoms with Crippen molar-refractivity contribution in [2.24, 2.45) is 5.92 Å². The van der Waals surface area contributed by atoms with Crippen molar-refractivity contribution in [2.75, 3.05) is 7.11 Å². The van der Waals surface area contributed by atoms with Crippen molar-refractivity contribution >= 4 is 22.8 Å². The van der Waals surface area contributed by atoms with Gasteiger partial charge in [-0.3, -0.25) is 4.79 Å². The summed E-state index contributed by atoms with van der Waals surface area (Å²) in [5.74, 6) is -0.879. The average Bonchev–Trinajstić information content (AvgIpc) is 2.87. The smallest absolute Gasteiger partial charge is 0.328 e. The molecule has 1 aromatic carbocycles. The molecule has 1 atom stereocenters. The molecule has 0 saturated heterocycles. The molecule has 23 heavy (non-hydrogen) atoms. The Morgan fingerprint density at radius 3 is 2.74 bits per heavy atom. The summed E-state index contributed by atoms with van der Waals surface area (Å²) in [7, 11) is 1.30. The molecule has 124 valence electrons. The number of esters is 1. The number of aromatic nitrogens is 1. The van der Waals surface area contributed by atoms with Crippen molar-refractivity contribution in [1.82, 2.24) is 10.3 Å². The minimum Gasteiger partial charge on any atom is -0.467 e. The van der Waals surface area contributed by atoms with Crippen molar-refractivity contribution in [3.8, 4) is 0 Å². The lowest BCUT2D eigenvalue weighted by molar-refractivity contribution is -0.145. The van der Waals surface area contributed by atoms with Crippen LogP contribution in [0.1, 0.15) is 25.8 Å². The summed E-state index contributed by atoms with van der Waals surface area (Å²) in [4.78, 5) is 27.0. The highest BCUT2D eigenvalue weighted by atomic mass is 19.1. The molecular formula is C17H21FN2O3. The van der Waals surface area contributed by atoms with Crippen molar-refractivity contribution in [1.29, 1.82) is 0 Å². The van der Waals surface area contributed by atoms with Gasteiger partial charge in [0.15, 0.2) is 0 Å². The van der Waals surface area contributed by atoms with Crippen molar-refractivity contribution < 1.29 is 18.7 Å². The quantitative estimate of drug-likeness (QED) is 0.804. The molecule has 0 aliphatic heterocycles. The molecule has 2 rings (SSSR count). The van der Waals surface area contributed by atoms with E-state index in [-0.39, 0.29) is 24.1 Å². The number of halogens is 1. The van der Waals surface area contributed by atoms with Gasteiger partial charge in [-0.05, 0) is 36.1 Å². The molecule has 0 aliphatic rings. The molecule has 2 aromatic rings. The van der Waals surface area contributed by atoms with Crippen LogP contribution in [-0.4, -0.2) is 30.0 Å². The molecular weight excluding hydrogens is 299 g/mol. The number of carbonyl (C=O) groups excluding carboxylic acids is 2. The Kier molecular flexibility index (Phi) is 5.36. The Bertz CT molecular complexity index is 709. The minimum atomic E-state index is -0.672. The Labute approximate surface area is 134 Å². The van der Waals surface area contributed by atoms with Crippen LogP contribution in [0.3, 0.4) is 0 Å². The van der Waals surface area contributed by atoms with Crippen LogP contribution in [0.4, 0.5) is 4.39 Å². The third kappa shape index (κ3) is 4.31. The molecule has 1 heterocycles. The molecule has 6 heteroatoms. The Balaban J connectivity index is 2.10. The van der Waals surface area contributed by atoms with Gasteiger partial charge in [0.05, 0.1) is 13.5 Å². The number of H-pyrrole nitrogens is 1.